The summed E-state index contributed by atoms with van der Waals surface area (Å²) in [4.78, 5) is 4.43. The maximum absolute atomic E-state index is 6.06. The van der Waals surface area contributed by atoms with Crippen molar-refractivity contribution in [3.8, 4) is 5.75 Å². The second-order valence-electron chi connectivity index (χ2n) is 6.65. The molecular weight excluding hydrogens is 253 g/mol. The third kappa shape index (κ3) is 2.33. The third-order valence-corrected chi connectivity index (χ3v) is 4.62. The van der Waals surface area contributed by atoms with Crippen LogP contribution >= 0.6 is 0 Å². The van der Waals surface area contributed by atoms with Gasteiger partial charge in [0, 0.05) is 6.20 Å². The van der Waals surface area contributed by atoms with E-state index in [2.05, 4.69) is 4.98 Å². The minimum absolute atomic E-state index is 0.320. The van der Waals surface area contributed by atoms with Crippen molar-refractivity contribution in [3.63, 3.8) is 0 Å². The van der Waals surface area contributed by atoms with Crippen molar-refractivity contribution >= 4 is 12.7 Å². The summed E-state index contributed by atoms with van der Waals surface area (Å²) < 4.78 is 18.1. The predicted octanol–water partition coefficient (Wildman–Crippen LogP) is 2.31. The summed E-state index contributed by atoms with van der Waals surface area (Å²) in [7, 11) is -0.462. The molecule has 2 heterocycles. The van der Waals surface area contributed by atoms with E-state index in [4.69, 9.17) is 14.0 Å². The first-order valence-corrected chi connectivity index (χ1v) is 7.36. The molecule has 0 atom stereocenters. The Hall–Kier alpha value is -1.07. The second-order valence-corrected chi connectivity index (χ2v) is 6.65. The molecule has 3 rings (SSSR count). The van der Waals surface area contributed by atoms with Crippen LogP contribution in [0.15, 0.2) is 18.3 Å². The molecular formula is C15H22BNO3. The molecule has 1 saturated carbocycles. The average molecular weight is 275 g/mol. The Morgan fingerprint density at radius 3 is 2.40 bits per heavy atom. The first kappa shape index (κ1) is 13.9. The zero-order valence-electron chi connectivity index (χ0n) is 12.7. The summed E-state index contributed by atoms with van der Waals surface area (Å²) in [5.74, 6) is 0.788. The fourth-order valence-corrected chi connectivity index (χ4v) is 2.30. The molecule has 0 spiro atoms. The Labute approximate surface area is 121 Å². The highest BCUT2D eigenvalue weighted by atomic mass is 16.7. The van der Waals surface area contributed by atoms with Gasteiger partial charge in [0.25, 0.3) is 0 Å². The van der Waals surface area contributed by atoms with Crippen molar-refractivity contribution in [1.29, 1.82) is 0 Å². The van der Waals surface area contributed by atoms with Crippen LogP contribution in [0.2, 0.25) is 0 Å². The zero-order chi connectivity index (χ0) is 14.4. The lowest BCUT2D eigenvalue weighted by atomic mass is 9.83. The molecule has 1 aromatic heterocycles. The van der Waals surface area contributed by atoms with Gasteiger partial charge in [0.2, 0.25) is 0 Å². The lowest BCUT2D eigenvalue weighted by Gasteiger charge is -2.32. The van der Waals surface area contributed by atoms with Gasteiger partial charge in [-0.25, -0.2) is 0 Å². The van der Waals surface area contributed by atoms with Gasteiger partial charge in [0.05, 0.1) is 17.3 Å². The van der Waals surface area contributed by atoms with Crippen molar-refractivity contribution in [1.82, 2.24) is 4.98 Å². The molecule has 0 aromatic carbocycles. The number of ether oxygens (including phenoxy) is 1. The van der Waals surface area contributed by atoms with Crippen molar-refractivity contribution in [2.24, 2.45) is 0 Å². The number of hydrogen-bond acceptors (Lipinski definition) is 4. The molecule has 2 aliphatic rings. The summed E-state index contributed by atoms with van der Waals surface area (Å²) in [6, 6.07) is 3.84. The Morgan fingerprint density at radius 2 is 1.85 bits per heavy atom. The normalized spacial score (nSPS) is 24.5. The molecule has 108 valence electrons. The van der Waals surface area contributed by atoms with Gasteiger partial charge in [-0.15, -0.1) is 0 Å². The van der Waals surface area contributed by atoms with Crippen LogP contribution in [0.4, 0.5) is 0 Å². The molecule has 0 amide bonds. The minimum Gasteiger partial charge on any atom is -0.489 e. The number of aromatic nitrogens is 1. The van der Waals surface area contributed by atoms with Crippen molar-refractivity contribution in [2.45, 2.75) is 64.3 Å². The van der Waals surface area contributed by atoms with E-state index in [1.165, 1.54) is 6.42 Å². The highest BCUT2D eigenvalue weighted by molar-refractivity contribution is 6.62. The minimum atomic E-state index is -0.462. The maximum Gasteiger partial charge on any atom is 0.518 e. The lowest BCUT2D eigenvalue weighted by molar-refractivity contribution is 0.00578. The first-order chi connectivity index (χ1) is 9.39. The molecule has 5 heteroatoms. The van der Waals surface area contributed by atoms with E-state index >= 15 is 0 Å². The number of rotatable bonds is 3. The highest BCUT2D eigenvalue weighted by Gasteiger charge is 2.53. The number of pyridine rings is 1. The maximum atomic E-state index is 6.06. The Kier molecular flexibility index (Phi) is 3.29. The SMILES string of the molecule is CC1(C)OB(c2ncccc2OC2CCC2)OC1(C)C. The molecule has 1 aromatic rings. The predicted molar refractivity (Wildman–Crippen MR) is 78.2 cm³/mol. The average Bonchev–Trinajstić information content (AvgIpc) is 2.54. The molecule has 4 nitrogen and oxygen atoms in total. The zero-order valence-corrected chi connectivity index (χ0v) is 12.7. The molecule has 20 heavy (non-hydrogen) atoms. The second kappa shape index (κ2) is 4.74. The fraction of sp³-hybridized carbons (Fsp3) is 0.667. The van der Waals surface area contributed by atoms with Crippen molar-refractivity contribution in [2.75, 3.05) is 0 Å². The van der Waals surface area contributed by atoms with Gasteiger partial charge in [-0.1, -0.05) is 0 Å². The highest BCUT2D eigenvalue weighted by Crippen LogP contribution is 2.37. The van der Waals surface area contributed by atoms with Crippen molar-refractivity contribution in [3.05, 3.63) is 18.3 Å². The lowest BCUT2D eigenvalue weighted by Crippen LogP contribution is -2.41. The number of hydrogen-bond donors (Lipinski definition) is 0. The quantitative estimate of drug-likeness (QED) is 0.794. The van der Waals surface area contributed by atoms with Gasteiger partial charge < -0.3 is 14.0 Å². The van der Waals surface area contributed by atoms with Gasteiger partial charge in [-0.3, -0.25) is 4.98 Å². The third-order valence-electron chi connectivity index (χ3n) is 4.62. The van der Waals surface area contributed by atoms with Crippen LogP contribution in [0.25, 0.3) is 0 Å². The van der Waals surface area contributed by atoms with Gasteiger partial charge in [-0.05, 0) is 59.1 Å². The Bertz CT molecular complexity index is 484. The Morgan fingerprint density at radius 1 is 1.20 bits per heavy atom. The Balaban J connectivity index is 1.84. The van der Waals surface area contributed by atoms with Crippen LogP contribution in [-0.2, 0) is 9.31 Å². The van der Waals surface area contributed by atoms with Crippen molar-refractivity contribution < 1.29 is 14.0 Å². The topological polar surface area (TPSA) is 40.6 Å². The van der Waals surface area contributed by atoms with E-state index in [0.717, 1.165) is 24.2 Å². The van der Waals surface area contributed by atoms with Crippen LogP contribution in [0.1, 0.15) is 47.0 Å². The first-order valence-electron chi connectivity index (χ1n) is 7.36. The fourth-order valence-electron chi connectivity index (χ4n) is 2.30. The summed E-state index contributed by atoms with van der Waals surface area (Å²) in [5.41, 5.74) is 0.0318. The molecule has 1 aliphatic heterocycles. The summed E-state index contributed by atoms with van der Waals surface area (Å²) in [6.45, 7) is 8.18. The molecule has 2 fully saturated rings. The van der Waals surface area contributed by atoms with Gasteiger partial charge >= 0.3 is 7.12 Å². The molecule has 0 N–H and O–H groups in total. The molecule has 0 bridgehead atoms. The van der Waals surface area contributed by atoms with E-state index in [-0.39, 0.29) is 11.2 Å². The van der Waals surface area contributed by atoms with Crippen LogP contribution in [-0.4, -0.2) is 29.4 Å². The van der Waals surface area contributed by atoms with Crippen LogP contribution < -0.4 is 10.3 Å². The molecule has 0 radical (unpaired) electrons. The van der Waals surface area contributed by atoms with Gasteiger partial charge in [0.1, 0.15) is 11.3 Å². The summed E-state index contributed by atoms with van der Waals surface area (Å²) in [5, 5.41) is 0. The smallest absolute Gasteiger partial charge is 0.489 e. The largest absolute Gasteiger partial charge is 0.518 e. The molecule has 1 saturated heterocycles. The van der Waals surface area contributed by atoms with E-state index < -0.39 is 7.12 Å². The summed E-state index contributed by atoms with van der Waals surface area (Å²) >= 11 is 0. The van der Waals surface area contributed by atoms with Crippen LogP contribution in [0, 0.1) is 0 Å². The standard InChI is InChI=1S/C15H22BNO3/c1-14(2)15(3,4)20-16(19-14)13-12(9-6-10-17-13)18-11-7-5-8-11/h6,9-11H,5,7-8H2,1-4H3. The van der Waals surface area contributed by atoms with E-state index in [0.29, 0.717) is 6.10 Å². The molecule has 0 unspecified atom stereocenters. The summed E-state index contributed by atoms with van der Waals surface area (Å²) in [6.07, 6.45) is 5.57. The van der Waals surface area contributed by atoms with Gasteiger partial charge in [0.15, 0.2) is 0 Å². The van der Waals surface area contributed by atoms with Gasteiger partial charge in [-0.2, -0.15) is 0 Å². The van der Waals surface area contributed by atoms with E-state index in [1.807, 2.05) is 39.8 Å². The molecule has 1 aliphatic carbocycles. The van der Waals surface area contributed by atoms with Crippen LogP contribution in [0.5, 0.6) is 5.75 Å². The van der Waals surface area contributed by atoms with Crippen LogP contribution in [0.3, 0.4) is 0 Å². The monoisotopic (exact) mass is 275 g/mol. The van der Waals surface area contributed by atoms with E-state index in [1.54, 1.807) is 6.20 Å². The van der Waals surface area contributed by atoms with E-state index in [9.17, 15) is 0 Å². The number of nitrogens with zero attached hydrogens (tertiary/aromatic N) is 1.